The van der Waals surface area contributed by atoms with Crippen LogP contribution in [-0.4, -0.2) is 36.8 Å². The molecule has 0 bridgehead atoms. The Morgan fingerprint density at radius 3 is 2.47 bits per heavy atom. The molecule has 1 saturated heterocycles. The quantitative estimate of drug-likeness (QED) is 0.557. The highest BCUT2D eigenvalue weighted by molar-refractivity contribution is 6.00. The Hall–Kier alpha value is -3.68. The molecular formula is C22H23N3O5. The predicted molar refractivity (Wildman–Crippen MR) is 109 cm³/mol. The number of esters is 1. The molecule has 0 spiro atoms. The topological polar surface area (TPSA) is 105 Å². The summed E-state index contributed by atoms with van der Waals surface area (Å²) in [7, 11) is 0. The van der Waals surface area contributed by atoms with Gasteiger partial charge in [-0.25, -0.2) is 0 Å². The van der Waals surface area contributed by atoms with Crippen molar-refractivity contribution in [3.05, 3.63) is 65.7 Å². The number of ether oxygens (including phenoxy) is 1. The molecular weight excluding hydrogens is 386 g/mol. The lowest BCUT2D eigenvalue weighted by Crippen LogP contribution is -2.43. The van der Waals surface area contributed by atoms with Crippen LogP contribution in [0.4, 0.5) is 5.69 Å². The minimum absolute atomic E-state index is 0.0310. The third-order valence-corrected chi connectivity index (χ3v) is 4.82. The van der Waals surface area contributed by atoms with E-state index in [2.05, 4.69) is 10.9 Å². The van der Waals surface area contributed by atoms with Crippen molar-refractivity contribution in [3.63, 3.8) is 0 Å². The van der Waals surface area contributed by atoms with Gasteiger partial charge in [-0.2, -0.15) is 0 Å². The molecule has 8 heteroatoms. The number of nitrogens with one attached hydrogen (secondary N) is 2. The monoisotopic (exact) mass is 409 g/mol. The zero-order chi connectivity index (χ0) is 21.5. The molecule has 8 nitrogen and oxygen atoms in total. The Morgan fingerprint density at radius 1 is 1.03 bits per heavy atom. The Bertz CT molecular complexity index is 945. The second-order valence-electron chi connectivity index (χ2n) is 6.86. The number of aryl methyl sites for hydroxylation is 1. The molecule has 2 aromatic rings. The smallest absolute Gasteiger partial charge is 0.311 e. The molecule has 0 saturated carbocycles. The maximum Gasteiger partial charge on any atom is 0.311 e. The lowest BCUT2D eigenvalue weighted by molar-refractivity contribution is -0.152. The number of para-hydroxylation sites is 1. The summed E-state index contributed by atoms with van der Waals surface area (Å²) in [4.78, 5) is 50.0. The first-order valence-corrected chi connectivity index (χ1v) is 9.68. The van der Waals surface area contributed by atoms with E-state index in [4.69, 9.17) is 4.74 Å². The van der Waals surface area contributed by atoms with E-state index in [0.29, 0.717) is 5.56 Å². The first-order chi connectivity index (χ1) is 14.5. The SMILES string of the molecule is CCc1ccccc1N1C[C@H](C(=O)OCC(=O)NNC(=O)c2ccccc2)CC1=O. The van der Waals surface area contributed by atoms with E-state index >= 15 is 0 Å². The minimum Gasteiger partial charge on any atom is -0.455 e. The van der Waals surface area contributed by atoms with Gasteiger partial charge >= 0.3 is 5.97 Å². The average molecular weight is 409 g/mol. The summed E-state index contributed by atoms with van der Waals surface area (Å²) in [6.45, 7) is 1.66. The van der Waals surface area contributed by atoms with Crippen LogP contribution in [0.1, 0.15) is 29.3 Å². The number of benzene rings is 2. The maximum absolute atomic E-state index is 12.4. The van der Waals surface area contributed by atoms with E-state index in [9.17, 15) is 19.2 Å². The summed E-state index contributed by atoms with van der Waals surface area (Å²) < 4.78 is 5.03. The van der Waals surface area contributed by atoms with Gasteiger partial charge in [-0.1, -0.05) is 43.3 Å². The zero-order valence-corrected chi connectivity index (χ0v) is 16.6. The Kier molecular flexibility index (Phi) is 6.79. The fourth-order valence-corrected chi connectivity index (χ4v) is 3.25. The molecule has 1 heterocycles. The Balaban J connectivity index is 1.47. The Morgan fingerprint density at radius 2 is 1.73 bits per heavy atom. The van der Waals surface area contributed by atoms with Gasteiger partial charge in [0.25, 0.3) is 11.8 Å². The first kappa shape index (κ1) is 21.0. The molecule has 0 unspecified atom stereocenters. The van der Waals surface area contributed by atoms with Crippen LogP contribution >= 0.6 is 0 Å². The van der Waals surface area contributed by atoms with E-state index < -0.39 is 30.3 Å². The number of nitrogens with zero attached hydrogens (tertiary/aromatic N) is 1. The lowest BCUT2D eigenvalue weighted by Gasteiger charge is -2.19. The van der Waals surface area contributed by atoms with Crippen LogP contribution in [0.5, 0.6) is 0 Å². The summed E-state index contributed by atoms with van der Waals surface area (Å²) in [6.07, 6.45) is 0.799. The number of carbonyl (C=O) groups is 4. The van der Waals surface area contributed by atoms with Gasteiger partial charge in [-0.3, -0.25) is 30.0 Å². The standard InChI is InChI=1S/C22H23N3O5/c1-2-15-8-6-7-11-18(15)25-13-17(12-20(25)27)22(29)30-14-19(26)23-24-21(28)16-9-4-3-5-10-16/h3-11,17H,2,12-14H2,1H3,(H,23,26)(H,24,28)/t17-/m1/s1. The molecule has 2 N–H and O–H groups in total. The molecule has 2 aromatic carbocycles. The van der Waals surface area contributed by atoms with Crippen LogP contribution < -0.4 is 15.8 Å². The highest BCUT2D eigenvalue weighted by atomic mass is 16.5. The van der Waals surface area contributed by atoms with Crippen molar-refractivity contribution in [1.29, 1.82) is 0 Å². The normalized spacial score (nSPS) is 15.6. The van der Waals surface area contributed by atoms with Crippen LogP contribution in [0, 0.1) is 5.92 Å². The third kappa shape index (κ3) is 5.02. The van der Waals surface area contributed by atoms with E-state index in [0.717, 1.165) is 17.7 Å². The maximum atomic E-state index is 12.4. The molecule has 3 amide bonds. The van der Waals surface area contributed by atoms with Crippen molar-refractivity contribution in [2.24, 2.45) is 5.92 Å². The van der Waals surface area contributed by atoms with Gasteiger partial charge in [-0.05, 0) is 30.2 Å². The number of hydrogen-bond acceptors (Lipinski definition) is 5. The van der Waals surface area contributed by atoms with Crippen molar-refractivity contribution in [2.75, 3.05) is 18.1 Å². The van der Waals surface area contributed by atoms with Gasteiger partial charge in [0.15, 0.2) is 6.61 Å². The molecule has 1 atom stereocenters. The van der Waals surface area contributed by atoms with Crippen molar-refractivity contribution >= 4 is 29.4 Å². The number of carbonyl (C=O) groups excluding carboxylic acids is 4. The minimum atomic E-state index is -0.676. The van der Waals surface area contributed by atoms with Gasteiger partial charge in [0.05, 0.1) is 5.92 Å². The van der Waals surface area contributed by atoms with Crippen molar-refractivity contribution in [3.8, 4) is 0 Å². The van der Waals surface area contributed by atoms with Gasteiger partial charge in [-0.15, -0.1) is 0 Å². The number of hydrogen-bond donors (Lipinski definition) is 2. The first-order valence-electron chi connectivity index (χ1n) is 9.68. The van der Waals surface area contributed by atoms with Crippen LogP contribution in [0.3, 0.4) is 0 Å². The highest BCUT2D eigenvalue weighted by Crippen LogP contribution is 2.29. The number of rotatable bonds is 6. The van der Waals surface area contributed by atoms with Gasteiger partial charge in [0.1, 0.15) is 0 Å². The van der Waals surface area contributed by atoms with Crippen LogP contribution in [0.15, 0.2) is 54.6 Å². The van der Waals surface area contributed by atoms with Crippen molar-refractivity contribution in [1.82, 2.24) is 10.9 Å². The molecule has 1 aliphatic rings. The molecule has 0 radical (unpaired) electrons. The molecule has 3 rings (SSSR count). The predicted octanol–water partition coefficient (Wildman–Crippen LogP) is 1.61. The summed E-state index contributed by atoms with van der Waals surface area (Å²) in [6, 6.07) is 15.9. The van der Waals surface area contributed by atoms with E-state index in [-0.39, 0.29) is 18.9 Å². The number of hydrazine groups is 1. The van der Waals surface area contributed by atoms with Crippen molar-refractivity contribution in [2.45, 2.75) is 19.8 Å². The van der Waals surface area contributed by atoms with E-state index in [1.54, 1.807) is 35.2 Å². The van der Waals surface area contributed by atoms with E-state index in [1.165, 1.54) is 0 Å². The molecule has 30 heavy (non-hydrogen) atoms. The van der Waals surface area contributed by atoms with Crippen molar-refractivity contribution < 1.29 is 23.9 Å². The fraction of sp³-hybridized carbons (Fsp3) is 0.273. The van der Waals surface area contributed by atoms with Crippen LogP contribution in [0.25, 0.3) is 0 Å². The molecule has 1 aliphatic heterocycles. The zero-order valence-electron chi connectivity index (χ0n) is 16.6. The second-order valence-corrected chi connectivity index (χ2v) is 6.86. The molecule has 156 valence electrons. The number of anilines is 1. The van der Waals surface area contributed by atoms with Crippen LogP contribution in [0.2, 0.25) is 0 Å². The summed E-state index contributed by atoms with van der Waals surface area (Å²) in [5.41, 5.74) is 6.64. The van der Waals surface area contributed by atoms with Gasteiger partial charge in [0, 0.05) is 24.2 Å². The molecule has 0 aliphatic carbocycles. The second kappa shape index (κ2) is 9.69. The Labute approximate surface area is 174 Å². The summed E-state index contributed by atoms with van der Waals surface area (Å²) in [5.74, 6) is -2.58. The molecule has 1 fully saturated rings. The van der Waals surface area contributed by atoms with Gasteiger partial charge in [0.2, 0.25) is 5.91 Å². The largest absolute Gasteiger partial charge is 0.455 e. The summed E-state index contributed by atoms with van der Waals surface area (Å²) >= 11 is 0. The van der Waals surface area contributed by atoms with Crippen LogP contribution in [-0.2, 0) is 25.5 Å². The number of amides is 3. The average Bonchev–Trinajstić information content (AvgIpc) is 3.17. The van der Waals surface area contributed by atoms with E-state index in [1.807, 2.05) is 31.2 Å². The summed E-state index contributed by atoms with van der Waals surface area (Å²) in [5, 5.41) is 0. The van der Waals surface area contributed by atoms with Gasteiger partial charge < -0.3 is 9.64 Å². The highest BCUT2D eigenvalue weighted by Gasteiger charge is 2.37. The molecule has 0 aromatic heterocycles. The lowest BCUT2D eigenvalue weighted by atomic mass is 10.1. The fourth-order valence-electron chi connectivity index (χ4n) is 3.25. The third-order valence-electron chi connectivity index (χ3n) is 4.82.